The molecule has 0 aliphatic heterocycles. The quantitative estimate of drug-likeness (QED) is 0.452. The lowest BCUT2D eigenvalue weighted by Gasteiger charge is -2.11. The Balaban J connectivity index is 1.78. The van der Waals surface area contributed by atoms with Crippen LogP contribution in [0, 0.1) is 0 Å². The number of hydrogen-bond acceptors (Lipinski definition) is 4. The van der Waals surface area contributed by atoms with Gasteiger partial charge in [-0.3, -0.25) is 5.10 Å². The first kappa shape index (κ1) is 20.3. The van der Waals surface area contributed by atoms with Crippen molar-refractivity contribution in [2.75, 3.05) is 0 Å². The number of nitrogens with one attached hydrogen (secondary N) is 1. The first-order valence-corrected chi connectivity index (χ1v) is 11.0. The van der Waals surface area contributed by atoms with Gasteiger partial charge in [-0.15, -0.1) is 11.3 Å². The Morgan fingerprint density at radius 2 is 1.50 bits per heavy atom. The van der Waals surface area contributed by atoms with Gasteiger partial charge in [0.1, 0.15) is 11.3 Å². The molecule has 0 aliphatic carbocycles. The van der Waals surface area contributed by atoms with Crippen LogP contribution in [0.15, 0.2) is 70.9 Å². The molecule has 0 aliphatic rings. The standard InChI is InChI=1S/C20H14F3N3O2S2/c21-20(22,23)17-18(13-5-3-12(4-6-13)16-2-1-11-29-16)25-26-19(17)14-7-9-15(10-8-14)30(24,27)28/h1-11H,(H,25,26)(H2,24,27,28). The number of hydrogen-bond donors (Lipinski definition) is 2. The van der Waals surface area contributed by atoms with Crippen LogP contribution in [-0.2, 0) is 16.2 Å². The predicted octanol–water partition coefficient (Wildman–Crippen LogP) is 5.14. The number of primary sulfonamides is 1. The minimum atomic E-state index is -4.68. The zero-order valence-electron chi connectivity index (χ0n) is 15.1. The van der Waals surface area contributed by atoms with E-state index in [4.69, 9.17) is 5.14 Å². The van der Waals surface area contributed by atoms with Gasteiger partial charge >= 0.3 is 6.18 Å². The molecule has 5 nitrogen and oxygen atoms in total. The van der Waals surface area contributed by atoms with Crippen molar-refractivity contribution in [3.05, 3.63) is 71.6 Å². The smallest absolute Gasteiger partial charge is 0.277 e. The van der Waals surface area contributed by atoms with Gasteiger partial charge in [-0.1, -0.05) is 42.5 Å². The lowest BCUT2D eigenvalue weighted by molar-refractivity contribution is -0.136. The van der Waals surface area contributed by atoms with Gasteiger partial charge in [-0.25, -0.2) is 13.6 Å². The Bertz CT molecular complexity index is 1280. The van der Waals surface area contributed by atoms with Crippen LogP contribution in [0.25, 0.3) is 33.0 Å². The minimum Gasteiger partial charge on any atom is -0.277 e. The molecule has 0 bridgehead atoms. The van der Waals surface area contributed by atoms with Crippen LogP contribution in [0.1, 0.15) is 5.56 Å². The number of aromatic nitrogens is 2. The van der Waals surface area contributed by atoms with E-state index in [2.05, 4.69) is 10.2 Å². The van der Waals surface area contributed by atoms with Crippen LogP contribution in [0.2, 0.25) is 0 Å². The molecule has 0 unspecified atom stereocenters. The summed E-state index contributed by atoms with van der Waals surface area (Å²) in [7, 11) is -3.95. The van der Waals surface area contributed by atoms with Gasteiger partial charge in [0.15, 0.2) is 0 Å². The lowest BCUT2D eigenvalue weighted by atomic mass is 10.0. The molecule has 3 N–H and O–H groups in total. The van der Waals surface area contributed by atoms with E-state index in [0.29, 0.717) is 5.56 Å². The summed E-state index contributed by atoms with van der Waals surface area (Å²) in [6, 6.07) is 15.3. The summed E-state index contributed by atoms with van der Waals surface area (Å²) in [5.74, 6) is 0. The van der Waals surface area contributed by atoms with E-state index in [-0.39, 0.29) is 21.8 Å². The Hall–Kier alpha value is -2.95. The number of H-pyrrole nitrogens is 1. The molecule has 30 heavy (non-hydrogen) atoms. The van der Waals surface area contributed by atoms with Crippen molar-refractivity contribution >= 4 is 21.4 Å². The molecule has 0 saturated carbocycles. The number of nitrogens with two attached hydrogens (primary N) is 1. The Morgan fingerprint density at radius 1 is 0.900 bits per heavy atom. The Morgan fingerprint density at radius 3 is 2.03 bits per heavy atom. The summed E-state index contributed by atoms with van der Waals surface area (Å²) >= 11 is 1.54. The highest BCUT2D eigenvalue weighted by molar-refractivity contribution is 7.89. The number of thiophene rings is 1. The van der Waals surface area contributed by atoms with E-state index < -0.39 is 21.8 Å². The van der Waals surface area contributed by atoms with Gasteiger partial charge in [0.05, 0.1) is 10.6 Å². The molecule has 4 rings (SSSR count). The highest BCUT2D eigenvalue weighted by Gasteiger charge is 2.39. The maximum absolute atomic E-state index is 13.9. The van der Waals surface area contributed by atoms with Crippen molar-refractivity contribution < 1.29 is 21.6 Å². The molecule has 2 aromatic carbocycles. The molecule has 0 atom stereocenters. The molecular weight excluding hydrogens is 435 g/mol. The van der Waals surface area contributed by atoms with E-state index in [1.54, 1.807) is 24.3 Å². The average molecular weight is 449 g/mol. The number of aromatic amines is 1. The summed E-state index contributed by atoms with van der Waals surface area (Å²) in [5.41, 5.74) is -0.0482. The third-order valence-electron chi connectivity index (χ3n) is 4.49. The minimum absolute atomic E-state index is 0.142. The lowest BCUT2D eigenvalue weighted by Crippen LogP contribution is -2.12. The maximum Gasteiger partial charge on any atom is 0.420 e. The van der Waals surface area contributed by atoms with Crippen LogP contribution in [-0.4, -0.2) is 18.6 Å². The molecule has 2 heterocycles. The molecule has 10 heteroatoms. The third kappa shape index (κ3) is 3.89. The molecule has 0 radical (unpaired) electrons. The number of benzene rings is 2. The molecule has 0 amide bonds. The Kier molecular flexibility index (Phi) is 5.00. The van der Waals surface area contributed by atoms with Crippen molar-refractivity contribution in [2.45, 2.75) is 11.1 Å². The van der Waals surface area contributed by atoms with E-state index >= 15 is 0 Å². The number of rotatable bonds is 4. The monoisotopic (exact) mass is 449 g/mol. The molecular formula is C20H14F3N3O2S2. The summed E-state index contributed by atoms with van der Waals surface area (Å²) in [6.07, 6.45) is -4.68. The summed E-state index contributed by atoms with van der Waals surface area (Å²) in [5, 5.41) is 13.3. The van der Waals surface area contributed by atoms with Gasteiger partial charge in [0.2, 0.25) is 10.0 Å². The SMILES string of the molecule is NS(=O)(=O)c1ccc(-c2[nH]nc(-c3ccc(-c4cccs4)cc3)c2C(F)(F)F)cc1. The van der Waals surface area contributed by atoms with Crippen molar-refractivity contribution in [1.29, 1.82) is 0 Å². The second-order valence-corrected chi connectivity index (χ2v) is 8.95. The number of halogens is 3. The first-order chi connectivity index (χ1) is 14.1. The fourth-order valence-electron chi connectivity index (χ4n) is 3.08. The van der Waals surface area contributed by atoms with E-state index in [9.17, 15) is 21.6 Å². The number of alkyl halides is 3. The topological polar surface area (TPSA) is 88.8 Å². The second-order valence-electron chi connectivity index (χ2n) is 6.44. The molecule has 0 spiro atoms. The fourth-order valence-corrected chi connectivity index (χ4v) is 4.33. The average Bonchev–Trinajstić information content (AvgIpc) is 3.37. The van der Waals surface area contributed by atoms with Crippen LogP contribution in [0.4, 0.5) is 13.2 Å². The van der Waals surface area contributed by atoms with Gasteiger partial charge < -0.3 is 0 Å². The van der Waals surface area contributed by atoms with Gasteiger partial charge in [0, 0.05) is 16.0 Å². The van der Waals surface area contributed by atoms with E-state index in [1.807, 2.05) is 17.5 Å². The van der Waals surface area contributed by atoms with Crippen molar-refractivity contribution in [2.24, 2.45) is 5.14 Å². The first-order valence-electron chi connectivity index (χ1n) is 8.58. The van der Waals surface area contributed by atoms with Gasteiger partial charge in [-0.2, -0.15) is 18.3 Å². The maximum atomic E-state index is 13.9. The highest BCUT2D eigenvalue weighted by atomic mass is 32.2. The Labute approximate surface area is 174 Å². The molecule has 2 aromatic heterocycles. The van der Waals surface area contributed by atoms with Gasteiger partial charge in [-0.05, 0) is 29.1 Å². The van der Waals surface area contributed by atoms with E-state index in [1.165, 1.54) is 23.5 Å². The second kappa shape index (κ2) is 7.38. The zero-order valence-corrected chi connectivity index (χ0v) is 16.8. The van der Waals surface area contributed by atoms with Crippen molar-refractivity contribution in [3.63, 3.8) is 0 Å². The number of nitrogens with zero attached hydrogens (tertiary/aromatic N) is 1. The van der Waals surface area contributed by atoms with E-state index in [0.717, 1.165) is 22.6 Å². The van der Waals surface area contributed by atoms with Crippen molar-refractivity contribution in [1.82, 2.24) is 10.2 Å². The molecule has 0 fully saturated rings. The highest BCUT2D eigenvalue weighted by Crippen LogP contribution is 2.42. The van der Waals surface area contributed by atoms with Crippen LogP contribution >= 0.6 is 11.3 Å². The van der Waals surface area contributed by atoms with Crippen LogP contribution < -0.4 is 5.14 Å². The van der Waals surface area contributed by atoms with Crippen LogP contribution in [0.3, 0.4) is 0 Å². The summed E-state index contributed by atoms with van der Waals surface area (Å²) < 4.78 is 64.5. The van der Waals surface area contributed by atoms with Crippen molar-refractivity contribution in [3.8, 4) is 33.0 Å². The molecule has 0 saturated heterocycles. The fraction of sp³-hybridized carbons (Fsp3) is 0.0500. The normalized spacial score (nSPS) is 12.3. The summed E-state index contributed by atoms with van der Waals surface area (Å²) in [4.78, 5) is 0.818. The number of sulfonamides is 1. The van der Waals surface area contributed by atoms with Gasteiger partial charge in [0.25, 0.3) is 0 Å². The third-order valence-corrected chi connectivity index (χ3v) is 6.33. The van der Waals surface area contributed by atoms with Crippen LogP contribution in [0.5, 0.6) is 0 Å². The predicted molar refractivity (Wildman–Crippen MR) is 109 cm³/mol. The largest absolute Gasteiger partial charge is 0.420 e. The molecule has 4 aromatic rings. The molecule has 154 valence electrons. The summed E-state index contributed by atoms with van der Waals surface area (Å²) in [6.45, 7) is 0. The zero-order chi connectivity index (χ0) is 21.5.